The van der Waals surface area contributed by atoms with Gasteiger partial charge < -0.3 is 5.11 Å². The number of hydrogen-bond acceptors (Lipinski definition) is 3. The van der Waals surface area contributed by atoms with Gasteiger partial charge in [-0.3, -0.25) is 4.79 Å². The van der Waals surface area contributed by atoms with Crippen LogP contribution >= 0.6 is 0 Å². The molecule has 1 aromatic rings. The first-order valence-electron chi connectivity index (χ1n) is 6.20. The molecule has 7 heteroatoms. The monoisotopic (exact) mass is 303 g/mol. The maximum Gasteiger partial charge on any atom is 0.304 e. The molecular formula is C13H18FNO4S. The summed E-state index contributed by atoms with van der Waals surface area (Å²) in [6.45, 7) is 4.81. The van der Waals surface area contributed by atoms with Gasteiger partial charge in [-0.2, -0.15) is 4.31 Å². The van der Waals surface area contributed by atoms with Crippen LogP contribution in [0.15, 0.2) is 23.1 Å². The number of benzene rings is 1. The molecule has 1 N–H and O–H groups in total. The van der Waals surface area contributed by atoms with Gasteiger partial charge in [0.2, 0.25) is 10.0 Å². The maximum atomic E-state index is 13.8. The molecule has 1 aromatic carbocycles. The Kier molecular flexibility index (Phi) is 5.24. The fourth-order valence-corrected chi connectivity index (χ4v) is 3.80. The van der Waals surface area contributed by atoms with Crippen molar-refractivity contribution in [3.05, 3.63) is 29.6 Å². The Balaban J connectivity index is 3.25. The summed E-state index contributed by atoms with van der Waals surface area (Å²) in [7, 11) is -4.05. The lowest BCUT2D eigenvalue weighted by Crippen LogP contribution is -2.40. The molecule has 0 saturated heterocycles. The fourth-order valence-electron chi connectivity index (χ4n) is 2.01. The highest BCUT2D eigenvalue weighted by Crippen LogP contribution is 2.23. The lowest BCUT2D eigenvalue weighted by atomic mass is 10.2. The molecule has 0 bridgehead atoms. The molecule has 0 saturated carbocycles. The molecule has 5 nitrogen and oxygen atoms in total. The molecule has 0 fully saturated rings. The largest absolute Gasteiger partial charge is 0.481 e. The Bertz CT molecular complexity index is 600. The van der Waals surface area contributed by atoms with Crippen LogP contribution in [-0.2, 0) is 14.8 Å². The fraction of sp³-hybridized carbons (Fsp3) is 0.462. The lowest BCUT2D eigenvalue weighted by Gasteiger charge is -2.26. The Labute approximate surface area is 118 Å². The molecule has 1 rings (SSSR count). The van der Waals surface area contributed by atoms with E-state index in [-0.39, 0.29) is 13.0 Å². The molecule has 0 heterocycles. The predicted octanol–water partition coefficient (Wildman–Crippen LogP) is 2.01. The number of aliphatic carboxylic acids is 1. The molecule has 1 unspecified atom stereocenters. The molecule has 0 aliphatic carbocycles. The smallest absolute Gasteiger partial charge is 0.304 e. The normalized spacial score (nSPS) is 13.4. The summed E-state index contributed by atoms with van der Waals surface area (Å²) < 4.78 is 39.7. The molecule has 0 aliphatic rings. The van der Waals surface area contributed by atoms with Gasteiger partial charge in [0, 0.05) is 12.6 Å². The van der Waals surface area contributed by atoms with E-state index in [4.69, 9.17) is 5.11 Å². The second-order valence-corrected chi connectivity index (χ2v) is 6.45. The molecule has 112 valence electrons. The van der Waals surface area contributed by atoms with Gasteiger partial charge in [-0.15, -0.1) is 0 Å². The van der Waals surface area contributed by atoms with Crippen molar-refractivity contribution in [3.63, 3.8) is 0 Å². The van der Waals surface area contributed by atoms with Gasteiger partial charge in [-0.25, -0.2) is 12.8 Å². The number of carbonyl (C=O) groups is 1. The van der Waals surface area contributed by atoms with Crippen molar-refractivity contribution in [2.75, 3.05) is 6.54 Å². The minimum Gasteiger partial charge on any atom is -0.481 e. The van der Waals surface area contributed by atoms with E-state index in [0.717, 1.165) is 10.4 Å². The average Bonchev–Trinajstić information content (AvgIpc) is 2.31. The number of carboxylic acids is 1. The lowest BCUT2D eigenvalue weighted by molar-refractivity contribution is -0.137. The third-order valence-corrected chi connectivity index (χ3v) is 5.05. The van der Waals surface area contributed by atoms with Gasteiger partial charge in [0.1, 0.15) is 10.7 Å². The second-order valence-electron chi connectivity index (χ2n) is 4.59. The Morgan fingerprint density at radius 2 is 2.05 bits per heavy atom. The third-order valence-electron chi connectivity index (χ3n) is 2.95. The molecule has 0 radical (unpaired) electrons. The van der Waals surface area contributed by atoms with Crippen molar-refractivity contribution in [2.24, 2.45) is 0 Å². The molecule has 0 amide bonds. The Morgan fingerprint density at radius 1 is 1.45 bits per heavy atom. The highest BCUT2D eigenvalue weighted by Gasteiger charge is 2.31. The summed E-state index contributed by atoms with van der Waals surface area (Å²) >= 11 is 0. The molecule has 1 atom stereocenters. The van der Waals surface area contributed by atoms with Crippen molar-refractivity contribution in [2.45, 2.75) is 38.1 Å². The van der Waals surface area contributed by atoms with Crippen LogP contribution in [0, 0.1) is 12.7 Å². The third kappa shape index (κ3) is 3.55. The minimum atomic E-state index is -4.05. The van der Waals surface area contributed by atoms with Crippen LogP contribution in [0.1, 0.15) is 25.8 Å². The highest BCUT2D eigenvalue weighted by atomic mass is 32.2. The topological polar surface area (TPSA) is 74.7 Å². The number of carboxylic acid groups (broad SMARTS) is 1. The summed E-state index contributed by atoms with van der Waals surface area (Å²) in [6, 6.07) is 3.08. The summed E-state index contributed by atoms with van der Waals surface area (Å²) in [5.41, 5.74) is 0.618. The zero-order valence-electron chi connectivity index (χ0n) is 11.6. The number of aryl methyl sites for hydroxylation is 1. The molecule has 0 spiro atoms. The summed E-state index contributed by atoms with van der Waals surface area (Å²) in [4.78, 5) is 10.3. The first kappa shape index (κ1) is 16.6. The number of nitrogens with zero attached hydrogens (tertiary/aromatic N) is 1. The van der Waals surface area contributed by atoms with Crippen molar-refractivity contribution in [1.29, 1.82) is 0 Å². The van der Waals surface area contributed by atoms with Crippen LogP contribution < -0.4 is 0 Å². The molecule has 0 aromatic heterocycles. The van der Waals surface area contributed by atoms with Crippen LogP contribution in [0.5, 0.6) is 0 Å². The van der Waals surface area contributed by atoms with Gasteiger partial charge >= 0.3 is 5.97 Å². The van der Waals surface area contributed by atoms with E-state index in [1.165, 1.54) is 19.1 Å². The van der Waals surface area contributed by atoms with Crippen LogP contribution in [0.25, 0.3) is 0 Å². The molecule has 0 aliphatic heterocycles. The van der Waals surface area contributed by atoms with E-state index in [1.54, 1.807) is 13.8 Å². The first-order valence-corrected chi connectivity index (χ1v) is 7.64. The van der Waals surface area contributed by atoms with Gasteiger partial charge in [-0.1, -0.05) is 13.0 Å². The summed E-state index contributed by atoms with van der Waals surface area (Å²) in [5.74, 6) is -1.94. The summed E-state index contributed by atoms with van der Waals surface area (Å²) in [5, 5.41) is 8.77. The number of halogens is 1. The van der Waals surface area contributed by atoms with Crippen LogP contribution in [0.4, 0.5) is 4.39 Å². The van der Waals surface area contributed by atoms with Crippen molar-refractivity contribution in [1.82, 2.24) is 4.31 Å². The average molecular weight is 303 g/mol. The van der Waals surface area contributed by atoms with E-state index in [9.17, 15) is 17.6 Å². The summed E-state index contributed by atoms with van der Waals surface area (Å²) in [6.07, 6.45) is -0.333. The van der Waals surface area contributed by atoms with E-state index in [1.807, 2.05) is 0 Å². The number of rotatable bonds is 6. The highest BCUT2D eigenvalue weighted by molar-refractivity contribution is 7.89. The van der Waals surface area contributed by atoms with E-state index in [0.29, 0.717) is 5.56 Å². The predicted molar refractivity (Wildman–Crippen MR) is 72.4 cm³/mol. The van der Waals surface area contributed by atoms with E-state index < -0.39 is 32.7 Å². The van der Waals surface area contributed by atoms with Gasteiger partial charge in [0.25, 0.3) is 0 Å². The van der Waals surface area contributed by atoms with Gasteiger partial charge in [-0.05, 0) is 31.5 Å². The SMILES string of the molecule is CCN(C(C)CC(=O)O)S(=O)(=O)c1cc(C)ccc1F. The van der Waals surface area contributed by atoms with Gasteiger partial charge in [0.05, 0.1) is 6.42 Å². The zero-order chi connectivity index (χ0) is 15.5. The number of hydrogen-bond donors (Lipinski definition) is 1. The maximum absolute atomic E-state index is 13.8. The zero-order valence-corrected chi connectivity index (χ0v) is 12.4. The standard InChI is InChI=1S/C13H18FNO4S/c1-4-15(10(3)8-13(16)17)20(18,19)12-7-9(2)5-6-11(12)14/h5-7,10H,4,8H2,1-3H3,(H,16,17). The van der Waals surface area contributed by atoms with Crippen molar-refractivity contribution >= 4 is 16.0 Å². The number of sulfonamides is 1. The van der Waals surface area contributed by atoms with Crippen LogP contribution in [-0.4, -0.2) is 36.4 Å². The van der Waals surface area contributed by atoms with Crippen LogP contribution in [0.3, 0.4) is 0 Å². The van der Waals surface area contributed by atoms with Gasteiger partial charge in [0.15, 0.2) is 0 Å². The van der Waals surface area contributed by atoms with Crippen LogP contribution in [0.2, 0.25) is 0 Å². The van der Waals surface area contributed by atoms with E-state index >= 15 is 0 Å². The minimum absolute atomic E-state index is 0.0736. The van der Waals surface area contributed by atoms with Crippen molar-refractivity contribution in [3.8, 4) is 0 Å². The first-order chi connectivity index (χ1) is 9.20. The molecular weight excluding hydrogens is 285 g/mol. The Morgan fingerprint density at radius 3 is 2.55 bits per heavy atom. The Hall–Kier alpha value is -1.47. The van der Waals surface area contributed by atoms with E-state index in [2.05, 4.69) is 0 Å². The molecule has 20 heavy (non-hydrogen) atoms. The second kappa shape index (κ2) is 6.32. The van der Waals surface area contributed by atoms with Crippen molar-refractivity contribution < 1.29 is 22.7 Å². The quantitative estimate of drug-likeness (QED) is 0.872.